The van der Waals surface area contributed by atoms with E-state index in [1.54, 1.807) is 24.1 Å². The first kappa shape index (κ1) is 12.3. The van der Waals surface area contributed by atoms with Gasteiger partial charge in [-0.2, -0.15) is 0 Å². The lowest BCUT2D eigenvalue weighted by Gasteiger charge is -2.16. The molecule has 1 aromatic carbocycles. The number of hydrogen-bond acceptors (Lipinski definition) is 1. The summed E-state index contributed by atoms with van der Waals surface area (Å²) in [6, 6.07) is 5.39. The van der Waals surface area contributed by atoms with Crippen molar-refractivity contribution in [2.45, 2.75) is 19.9 Å². The van der Waals surface area contributed by atoms with Gasteiger partial charge in [-0.25, -0.2) is 0 Å². The molecular formula is C11H13Cl2NO. The zero-order chi connectivity index (χ0) is 11.4. The van der Waals surface area contributed by atoms with Crippen molar-refractivity contribution in [3.05, 3.63) is 33.8 Å². The molecule has 1 amide bonds. The van der Waals surface area contributed by atoms with Crippen LogP contribution in [0.1, 0.15) is 18.9 Å². The van der Waals surface area contributed by atoms with Gasteiger partial charge in [0, 0.05) is 20.0 Å². The minimum atomic E-state index is 0.112. The average Bonchev–Trinajstić information content (AvgIpc) is 2.22. The molecule has 82 valence electrons. The summed E-state index contributed by atoms with van der Waals surface area (Å²) in [6.07, 6.45) is 0.512. The van der Waals surface area contributed by atoms with Crippen LogP contribution in [0.2, 0.25) is 10.0 Å². The molecule has 2 nitrogen and oxygen atoms in total. The Balaban J connectivity index is 2.73. The van der Waals surface area contributed by atoms with Crippen molar-refractivity contribution >= 4 is 29.1 Å². The maximum Gasteiger partial charge on any atom is 0.222 e. The van der Waals surface area contributed by atoms with Crippen molar-refractivity contribution in [3.8, 4) is 0 Å². The van der Waals surface area contributed by atoms with E-state index in [-0.39, 0.29) is 5.91 Å². The number of hydrogen-bond donors (Lipinski definition) is 0. The Morgan fingerprint density at radius 3 is 2.53 bits per heavy atom. The molecule has 0 saturated carbocycles. The molecule has 1 rings (SSSR count). The maximum atomic E-state index is 11.3. The fraction of sp³-hybridized carbons (Fsp3) is 0.364. The van der Waals surface area contributed by atoms with E-state index in [4.69, 9.17) is 23.2 Å². The number of carbonyl (C=O) groups is 1. The van der Waals surface area contributed by atoms with Crippen LogP contribution in [0.25, 0.3) is 0 Å². The summed E-state index contributed by atoms with van der Waals surface area (Å²) >= 11 is 11.7. The summed E-state index contributed by atoms with van der Waals surface area (Å²) in [7, 11) is 1.77. The van der Waals surface area contributed by atoms with Crippen LogP contribution in [0, 0.1) is 0 Å². The zero-order valence-corrected chi connectivity index (χ0v) is 10.3. The van der Waals surface area contributed by atoms with E-state index >= 15 is 0 Å². The average molecular weight is 246 g/mol. The van der Waals surface area contributed by atoms with Gasteiger partial charge in [0.2, 0.25) is 5.91 Å². The second kappa shape index (κ2) is 5.38. The fourth-order valence-electron chi connectivity index (χ4n) is 1.27. The molecule has 0 atom stereocenters. The van der Waals surface area contributed by atoms with Crippen LogP contribution in [-0.4, -0.2) is 17.9 Å². The molecule has 15 heavy (non-hydrogen) atoms. The van der Waals surface area contributed by atoms with E-state index in [0.717, 1.165) is 5.56 Å². The Bertz CT molecular complexity index is 366. The van der Waals surface area contributed by atoms with Gasteiger partial charge in [0.05, 0.1) is 10.0 Å². The Hall–Kier alpha value is -0.730. The molecule has 0 spiro atoms. The predicted molar refractivity (Wildman–Crippen MR) is 63.2 cm³/mol. The molecular weight excluding hydrogens is 233 g/mol. The number of halogens is 2. The van der Waals surface area contributed by atoms with E-state index < -0.39 is 0 Å². The minimum absolute atomic E-state index is 0.112. The summed E-state index contributed by atoms with van der Waals surface area (Å²) < 4.78 is 0. The van der Waals surface area contributed by atoms with Crippen LogP contribution in [0.3, 0.4) is 0 Å². The molecule has 0 bridgehead atoms. The molecule has 0 fully saturated rings. The molecule has 4 heteroatoms. The van der Waals surface area contributed by atoms with Crippen LogP contribution in [0.4, 0.5) is 0 Å². The Kier molecular flexibility index (Phi) is 4.43. The molecule has 0 radical (unpaired) electrons. The molecule has 0 aromatic heterocycles. The topological polar surface area (TPSA) is 20.3 Å². The highest BCUT2D eigenvalue weighted by Gasteiger charge is 2.07. The van der Waals surface area contributed by atoms with E-state index in [0.29, 0.717) is 23.0 Å². The van der Waals surface area contributed by atoms with E-state index in [9.17, 15) is 4.79 Å². The lowest BCUT2D eigenvalue weighted by molar-refractivity contribution is -0.130. The smallest absolute Gasteiger partial charge is 0.222 e. The highest BCUT2D eigenvalue weighted by atomic mass is 35.5. The highest BCUT2D eigenvalue weighted by Crippen LogP contribution is 2.23. The minimum Gasteiger partial charge on any atom is -0.341 e. The zero-order valence-electron chi connectivity index (χ0n) is 8.76. The standard InChI is InChI=1S/C11H13Cl2NO/c1-3-11(15)14(2)7-8-4-5-9(12)10(13)6-8/h4-6H,3,7H2,1-2H3. The van der Waals surface area contributed by atoms with Gasteiger partial charge in [0.25, 0.3) is 0 Å². The quantitative estimate of drug-likeness (QED) is 0.800. The number of carbonyl (C=O) groups excluding carboxylic acids is 1. The first-order chi connectivity index (χ1) is 7.04. The normalized spacial score (nSPS) is 10.1. The van der Waals surface area contributed by atoms with Crippen molar-refractivity contribution in [1.82, 2.24) is 4.90 Å². The van der Waals surface area contributed by atoms with Crippen molar-refractivity contribution in [2.75, 3.05) is 7.05 Å². The number of rotatable bonds is 3. The molecule has 0 heterocycles. The van der Waals surface area contributed by atoms with Crippen LogP contribution in [0.15, 0.2) is 18.2 Å². The highest BCUT2D eigenvalue weighted by molar-refractivity contribution is 6.42. The van der Waals surface area contributed by atoms with Gasteiger partial charge in [-0.3, -0.25) is 4.79 Å². The van der Waals surface area contributed by atoms with Gasteiger partial charge in [-0.05, 0) is 17.7 Å². The van der Waals surface area contributed by atoms with Crippen molar-refractivity contribution in [2.24, 2.45) is 0 Å². The largest absolute Gasteiger partial charge is 0.341 e. The SMILES string of the molecule is CCC(=O)N(C)Cc1ccc(Cl)c(Cl)c1. The molecule has 0 unspecified atom stereocenters. The third kappa shape index (κ3) is 3.40. The number of nitrogens with zero attached hydrogens (tertiary/aromatic N) is 1. The van der Waals surface area contributed by atoms with Gasteiger partial charge in [-0.1, -0.05) is 36.2 Å². The maximum absolute atomic E-state index is 11.3. The van der Waals surface area contributed by atoms with Crippen LogP contribution in [0.5, 0.6) is 0 Å². The first-order valence-electron chi connectivity index (χ1n) is 4.72. The molecule has 1 aromatic rings. The molecule has 0 N–H and O–H groups in total. The van der Waals surface area contributed by atoms with E-state index in [2.05, 4.69) is 0 Å². The summed E-state index contributed by atoms with van der Waals surface area (Å²) in [5.41, 5.74) is 0.980. The summed E-state index contributed by atoms with van der Waals surface area (Å²) in [6.45, 7) is 2.40. The Morgan fingerprint density at radius 1 is 1.33 bits per heavy atom. The second-order valence-corrected chi connectivity index (χ2v) is 4.17. The van der Waals surface area contributed by atoms with Crippen molar-refractivity contribution in [1.29, 1.82) is 0 Å². The van der Waals surface area contributed by atoms with Crippen molar-refractivity contribution < 1.29 is 4.79 Å². The summed E-state index contributed by atoms with van der Waals surface area (Å²) in [4.78, 5) is 13.0. The van der Waals surface area contributed by atoms with Gasteiger partial charge >= 0.3 is 0 Å². The lowest BCUT2D eigenvalue weighted by atomic mass is 10.2. The Morgan fingerprint density at radius 2 is 2.00 bits per heavy atom. The van der Waals surface area contributed by atoms with Gasteiger partial charge in [0.15, 0.2) is 0 Å². The third-order valence-corrected chi connectivity index (χ3v) is 2.87. The van der Waals surface area contributed by atoms with Gasteiger partial charge < -0.3 is 4.90 Å². The van der Waals surface area contributed by atoms with E-state index in [1.165, 1.54) is 0 Å². The third-order valence-electron chi connectivity index (χ3n) is 2.13. The van der Waals surface area contributed by atoms with Gasteiger partial charge in [-0.15, -0.1) is 0 Å². The van der Waals surface area contributed by atoms with Gasteiger partial charge in [0.1, 0.15) is 0 Å². The lowest BCUT2D eigenvalue weighted by Crippen LogP contribution is -2.25. The molecule has 0 aliphatic heterocycles. The first-order valence-corrected chi connectivity index (χ1v) is 5.48. The Labute approximate surface area is 99.8 Å². The second-order valence-electron chi connectivity index (χ2n) is 3.35. The van der Waals surface area contributed by atoms with Crippen LogP contribution in [-0.2, 0) is 11.3 Å². The number of amides is 1. The molecule has 0 saturated heterocycles. The van der Waals surface area contributed by atoms with Crippen LogP contribution >= 0.6 is 23.2 Å². The fourth-order valence-corrected chi connectivity index (χ4v) is 1.59. The van der Waals surface area contributed by atoms with Crippen molar-refractivity contribution in [3.63, 3.8) is 0 Å². The predicted octanol–water partition coefficient (Wildman–Crippen LogP) is 3.36. The monoisotopic (exact) mass is 245 g/mol. The van der Waals surface area contributed by atoms with Crippen LogP contribution < -0.4 is 0 Å². The van der Waals surface area contributed by atoms with E-state index in [1.807, 2.05) is 13.0 Å². The summed E-state index contributed by atoms with van der Waals surface area (Å²) in [5, 5.41) is 1.05. The number of benzene rings is 1. The molecule has 0 aliphatic rings. The summed E-state index contributed by atoms with van der Waals surface area (Å²) in [5.74, 6) is 0.112. The molecule has 0 aliphatic carbocycles.